The Hall–Kier alpha value is -2.77. The van der Waals surface area contributed by atoms with Crippen molar-refractivity contribution < 1.29 is 14.5 Å². The maximum atomic E-state index is 11.6. The van der Waals surface area contributed by atoms with E-state index in [1.54, 1.807) is 0 Å². The number of non-ortho nitro benzene ring substituents is 1. The van der Waals surface area contributed by atoms with Gasteiger partial charge in [-0.15, -0.1) is 0 Å². The van der Waals surface area contributed by atoms with E-state index >= 15 is 0 Å². The third-order valence-corrected chi connectivity index (χ3v) is 2.26. The Morgan fingerprint density at radius 2 is 2.28 bits per heavy atom. The molecule has 0 spiro atoms. The standard InChI is InChI=1S/C10H8N4O4/c1-18-10(15)8-4-7(14(16)17)2-3-9(8)13-6-11-5-12-13/h2-6H,1H3. The molecule has 2 rings (SSSR count). The summed E-state index contributed by atoms with van der Waals surface area (Å²) < 4.78 is 5.92. The van der Waals surface area contributed by atoms with Gasteiger partial charge in [0, 0.05) is 12.1 Å². The van der Waals surface area contributed by atoms with E-state index in [9.17, 15) is 14.9 Å². The molecule has 0 fully saturated rings. The van der Waals surface area contributed by atoms with Crippen LogP contribution >= 0.6 is 0 Å². The van der Waals surface area contributed by atoms with Gasteiger partial charge in [0.1, 0.15) is 12.7 Å². The van der Waals surface area contributed by atoms with Crippen molar-refractivity contribution in [3.8, 4) is 5.69 Å². The summed E-state index contributed by atoms with van der Waals surface area (Å²) in [6, 6.07) is 3.84. The molecule has 0 unspecified atom stereocenters. The monoisotopic (exact) mass is 248 g/mol. The number of esters is 1. The van der Waals surface area contributed by atoms with Gasteiger partial charge in [-0.05, 0) is 6.07 Å². The first kappa shape index (κ1) is 11.7. The smallest absolute Gasteiger partial charge is 0.340 e. The van der Waals surface area contributed by atoms with Gasteiger partial charge in [0.25, 0.3) is 5.69 Å². The molecule has 0 amide bonds. The fourth-order valence-electron chi connectivity index (χ4n) is 1.44. The normalized spacial score (nSPS) is 10.1. The summed E-state index contributed by atoms with van der Waals surface area (Å²) in [7, 11) is 1.20. The molecule has 8 nitrogen and oxygen atoms in total. The molecule has 1 aromatic heterocycles. The van der Waals surface area contributed by atoms with Gasteiger partial charge in [0.2, 0.25) is 0 Å². The molecule has 1 aromatic carbocycles. The van der Waals surface area contributed by atoms with Crippen LogP contribution in [0.1, 0.15) is 10.4 Å². The van der Waals surface area contributed by atoms with Crippen LogP contribution in [-0.2, 0) is 4.74 Å². The van der Waals surface area contributed by atoms with Crippen molar-refractivity contribution in [1.82, 2.24) is 14.8 Å². The topological polar surface area (TPSA) is 100 Å². The molecule has 0 radical (unpaired) electrons. The van der Waals surface area contributed by atoms with Crippen LogP contribution in [0.5, 0.6) is 0 Å². The van der Waals surface area contributed by atoms with Gasteiger partial charge in [0.15, 0.2) is 0 Å². The summed E-state index contributed by atoms with van der Waals surface area (Å²) in [5.74, 6) is -0.677. The van der Waals surface area contributed by atoms with Gasteiger partial charge < -0.3 is 4.74 Å². The van der Waals surface area contributed by atoms with E-state index in [2.05, 4.69) is 14.8 Å². The first-order valence-corrected chi connectivity index (χ1v) is 4.85. The number of ether oxygens (including phenoxy) is 1. The second kappa shape index (κ2) is 4.62. The highest BCUT2D eigenvalue weighted by Gasteiger charge is 2.18. The van der Waals surface area contributed by atoms with Crippen LogP contribution in [-0.4, -0.2) is 32.8 Å². The summed E-state index contributed by atoms with van der Waals surface area (Å²) in [4.78, 5) is 25.4. The maximum absolute atomic E-state index is 11.6. The zero-order chi connectivity index (χ0) is 13.1. The second-order valence-corrected chi connectivity index (χ2v) is 3.29. The SMILES string of the molecule is COC(=O)c1cc([N+](=O)[O-])ccc1-n1cncn1. The lowest BCUT2D eigenvalue weighted by molar-refractivity contribution is -0.384. The minimum atomic E-state index is -0.677. The summed E-state index contributed by atoms with van der Waals surface area (Å²) in [5.41, 5.74) is 0.224. The van der Waals surface area contributed by atoms with Crippen molar-refractivity contribution in [2.45, 2.75) is 0 Å². The van der Waals surface area contributed by atoms with Gasteiger partial charge in [0.05, 0.1) is 23.3 Å². The van der Waals surface area contributed by atoms with Crippen molar-refractivity contribution in [2.75, 3.05) is 7.11 Å². The minimum absolute atomic E-state index is 0.0530. The number of nitro groups is 1. The molecule has 0 saturated heterocycles. The molecule has 0 atom stereocenters. The summed E-state index contributed by atoms with van der Waals surface area (Å²) in [6.45, 7) is 0. The quantitative estimate of drug-likeness (QED) is 0.455. The molecule has 0 N–H and O–H groups in total. The highest BCUT2D eigenvalue weighted by atomic mass is 16.6. The molecule has 2 aromatic rings. The van der Waals surface area contributed by atoms with Gasteiger partial charge in [-0.3, -0.25) is 10.1 Å². The number of nitrogens with zero attached hydrogens (tertiary/aromatic N) is 4. The number of nitro benzene ring substituents is 1. The highest BCUT2D eigenvalue weighted by Crippen LogP contribution is 2.21. The predicted molar refractivity (Wildman–Crippen MR) is 59.4 cm³/mol. The Bertz CT molecular complexity index is 594. The molecule has 0 aliphatic rings. The fourth-order valence-corrected chi connectivity index (χ4v) is 1.44. The average molecular weight is 248 g/mol. The molecule has 0 aliphatic carbocycles. The Morgan fingerprint density at radius 1 is 1.50 bits per heavy atom. The number of benzene rings is 1. The van der Waals surface area contributed by atoms with Crippen molar-refractivity contribution in [3.05, 3.63) is 46.5 Å². The Balaban J connectivity index is 2.59. The van der Waals surface area contributed by atoms with E-state index in [-0.39, 0.29) is 11.3 Å². The molecular weight excluding hydrogens is 240 g/mol. The van der Waals surface area contributed by atoms with Crippen molar-refractivity contribution >= 4 is 11.7 Å². The number of carbonyl (C=O) groups is 1. The Labute approximate surface area is 101 Å². The van der Waals surface area contributed by atoms with Crippen LogP contribution in [0.3, 0.4) is 0 Å². The molecule has 0 saturated carbocycles. The van der Waals surface area contributed by atoms with Gasteiger partial charge in [-0.1, -0.05) is 0 Å². The molecule has 1 heterocycles. The largest absolute Gasteiger partial charge is 0.465 e. The van der Waals surface area contributed by atoms with Crippen molar-refractivity contribution in [3.63, 3.8) is 0 Å². The van der Waals surface area contributed by atoms with Crippen LogP contribution in [0.15, 0.2) is 30.9 Å². The van der Waals surface area contributed by atoms with Crippen molar-refractivity contribution in [1.29, 1.82) is 0 Å². The zero-order valence-corrected chi connectivity index (χ0v) is 9.31. The van der Waals surface area contributed by atoms with Gasteiger partial charge in [-0.25, -0.2) is 14.5 Å². The Kier molecular flexibility index (Phi) is 3.00. The number of hydrogen-bond acceptors (Lipinski definition) is 6. The maximum Gasteiger partial charge on any atom is 0.340 e. The van der Waals surface area contributed by atoms with E-state index in [1.165, 1.54) is 36.6 Å². The second-order valence-electron chi connectivity index (χ2n) is 3.29. The molecule has 0 aliphatic heterocycles. The van der Waals surface area contributed by atoms with Gasteiger partial charge in [-0.2, -0.15) is 5.10 Å². The third-order valence-electron chi connectivity index (χ3n) is 2.26. The molecule has 18 heavy (non-hydrogen) atoms. The zero-order valence-electron chi connectivity index (χ0n) is 9.31. The van der Waals surface area contributed by atoms with Crippen LogP contribution in [0.2, 0.25) is 0 Å². The summed E-state index contributed by atoms with van der Waals surface area (Å²) in [6.07, 6.45) is 2.68. The molecular formula is C10H8N4O4. The van der Waals surface area contributed by atoms with E-state index < -0.39 is 10.9 Å². The van der Waals surface area contributed by atoms with Crippen LogP contribution in [0.25, 0.3) is 5.69 Å². The lowest BCUT2D eigenvalue weighted by Crippen LogP contribution is -2.09. The third kappa shape index (κ3) is 2.03. The average Bonchev–Trinajstić information content (AvgIpc) is 2.90. The lowest BCUT2D eigenvalue weighted by Gasteiger charge is -2.06. The van der Waals surface area contributed by atoms with Gasteiger partial charge >= 0.3 is 5.97 Å². The molecule has 92 valence electrons. The number of hydrogen-bond donors (Lipinski definition) is 0. The summed E-state index contributed by atoms with van der Waals surface area (Å²) >= 11 is 0. The molecule has 8 heteroatoms. The first-order valence-electron chi connectivity index (χ1n) is 4.85. The number of rotatable bonds is 3. The van der Waals surface area contributed by atoms with Crippen LogP contribution in [0.4, 0.5) is 5.69 Å². The Morgan fingerprint density at radius 3 is 2.83 bits per heavy atom. The summed E-state index contributed by atoms with van der Waals surface area (Å²) in [5, 5.41) is 14.5. The van der Waals surface area contributed by atoms with Crippen LogP contribution < -0.4 is 0 Å². The van der Waals surface area contributed by atoms with E-state index in [4.69, 9.17) is 0 Å². The van der Waals surface area contributed by atoms with E-state index in [1.807, 2.05) is 0 Å². The number of methoxy groups -OCH3 is 1. The van der Waals surface area contributed by atoms with Crippen LogP contribution in [0, 0.1) is 10.1 Å². The van der Waals surface area contributed by atoms with E-state index in [0.717, 1.165) is 6.07 Å². The number of carbonyl (C=O) groups excluding carboxylic acids is 1. The van der Waals surface area contributed by atoms with E-state index in [0.29, 0.717) is 5.69 Å². The number of aromatic nitrogens is 3. The first-order chi connectivity index (χ1) is 8.63. The minimum Gasteiger partial charge on any atom is -0.465 e. The molecule has 0 bridgehead atoms. The predicted octanol–water partition coefficient (Wildman–Crippen LogP) is 0.962. The van der Waals surface area contributed by atoms with Crippen molar-refractivity contribution in [2.24, 2.45) is 0 Å². The fraction of sp³-hybridized carbons (Fsp3) is 0.100. The lowest BCUT2D eigenvalue weighted by atomic mass is 10.1. The highest BCUT2D eigenvalue weighted by molar-refractivity contribution is 5.94.